The maximum absolute atomic E-state index is 12.4. The van der Waals surface area contributed by atoms with Gasteiger partial charge >= 0.3 is 0 Å². The lowest BCUT2D eigenvalue weighted by molar-refractivity contribution is -0.113. The quantitative estimate of drug-likeness (QED) is 0.447. The summed E-state index contributed by atoms with van der Waals surface area (Å²) in [6.07, 6.45) is 1.81. The lowest BCUT2D eigenvalue weighted by atomic mass is 10.2. The third kappa shape index (κ3) is 5.06. The zero-order valence-electron chi connectivity index (χ0n) is 16.9. The molecule has 0 bridgehead atoms. The van der Waals surface area contributed by atoms with Gasteiger partial charge in [-0.3, -0.25) is 9.36 Å². The molecule has 0 unspecified atom stereocenters. The highest BCUT2D eigenvalue weighted by Crippen LogP contribution is 2.27. The van der Waals surface area contributed by atoms with Crippen LogP contribution in [-0.2, 0) is 11.3 Å². The monoisotopic (exact) mass is 407 g/mol. The van der Waals surface area contributed by atoms with Crippen LogP contribution in [0.2, 0.25) is 0 Å². The van der Waals surface area contributed by atoms with Crippen LogP contribution in [0.4, 0.5) is 11.4 Å². The van der Waals surface area contributed by atoms with E-state index < -0.39 is 0 Å². The van der Waals surface area contributed by atoms with Crippen molar-refractivity contribution in [3.63, 3.8) is 0 Å². The van der Waals surface area contributed by atoms with Gasteiger partial charge in [-0.2, -0.15) is 0 Å². The largest absolute Gasteiger partial charge is 0.378 e. The van der Waals surface area contributed by atoms with Gasteiger partial charge in [0.1, 0.15) is 0 Å². The maximum atomic E-state index is 12.4. The summed E-state index contributed by atoms with van der Waals surface area (Å²) in [7, 11) is 4.00. The molecular formula is C22H25N5OS. The van der Waals surface area contributed by atoms with Crippen molar-refractivity contribution in [2.45, 2.75) is 18.6 Å². The SMILES string of the molecule is C=CCn1c(SCC(=O)Nc2ccccc2C)nnc1-c1cccc(N(C)C)c1. The number of aromatic nitrogens is 3. The highest BCUT2D eigenvalue weighted by Gasteiger charge is 2.16. The lowest BCUT2D eigenvalue weighted by Crippen LogP contribution is -2.15. The first-order chi connectivity index (χ1) is 14.0. The molecule has 1 amide bonds. The van der Waals surface area contributed by atoms with Crippen molar-refractivity contribution in [1.29, 1.82) is 0 Å². The average Bonchev–Trinajstić information content (AvgIpc) is 3.11. The Labute approximate surface area is 175 Å². The summed E-state index contributed by atoms with van der Waals surface area (Å²) in [6, 6.07) is 15.8. The Morgan fingerprint density at radius 2 is 2.00 bits per heavy atom. The van der Waals surface area contributed by atoms with E-state index in [1.165, 1.54) is 11.8 Å². The molecule has 0 fully saturated rings. The van der Waals surface area contributed by atoms with Crippen molar-refractivity contribution < 1.29 is 4.79 Å². The number of hydrogen-bond acceptors (Lipinski definition) is 5. The van der Waals surface area contributed by atoms with Crippen molar-refractivity contribution in [2.24, 2.45) is 0 Å². The molecule has 2 aromatic carbocycles. The van der Waals surface area contributed by atoms with Crippen LogP contribution in [0.15, 0.2) is 66.3 Å². The third-order valence-corrected chi connectivity index (χ3v) is 5.37. The molecule has 0 aliphatic heterocycles. The molecule has 3 aromatic rings. The Morgan fingerprint density at radius 3 is 2.72 bits per heavy atom. The van der Waals surface area contributed by atoms with Crippen LogP contribution < -0.4 is 10.2 Å². The van der Waals surface area contributed by atoms with Crippen LogP contribution in [0.5, 0.6) is 0 Å². The molecular weight excluding hydrogens is 382 g/mol. The number of allylic oxidation sites excluding steroid dienone is 1. The fourth-order valence-electron chi connectivity index (χ4n) is 2.86. The van der Waals surface area contributed by atoms with Crippen LogP contribution in [0.1, 0.15) is 5.56 Å². The van der Waals surface area contributed by atoms with Crippen LogP contribution in [-0.4, -0.2) is 40.5 Å². The number of carbonyl (C=O) groups is 1. The summed E-state index contributed by atoms with van der Waals surface area (Å²) in [6.45, 7) is 6.38. The summed E-state index contributed by atoms with van der Waals surface area (Å²) in [4.78, 5) is 14.4. The van der Waals surface area contributed by atoms with Crippen LogP contribution in [0.3, 0.4) is 0 Å². The van der Waals surface area contributed by atoms with Gasteiger partial charge in [-0.15, -0.1) is 16.8 Å². The molecule has 1 aromatic heterocycles. The van der Waals surface area contributed by atoms with Crippen LogP contribution in [0, 0.1) is 6.92 Å². The van der Waals surface area contributed by atoms with E-state index >= 15 is 0 Å². The number of amides is 1. The first-order valence-electron chi connectivity index (χ1n) is 9.29. The molecule has 1 heterocycles. The van der Waals surface area contributed by atoms with Gasteiger partial charge in [-0.25, -0.2) is 0 Å². The smallest absolute Gasteiger partial charge is 0.234 e. The Kier molecular flexibility index (Phi) is 6.72. The van der Waals surface area contributed by atoms with Crippen molar-refractivity contribution in [3.8, 4) is 11.4 Å². The Balaban J connectivity index is 1.76. The summed E-state index contributed by atoms with van der Waals surface area (Å²) in [5, 5.41) is 12.3. The van der Waals surface area contributed by atoms with E-state index in [0.29, 0.717) is 11.7 Å². The topological polar surface area (TPSA) is 63.1 Å². The predicted octanol–water partition coefficient (Wildman–Crippen LogP) is 4.24. The van der Waals surface area contributed by atoms with Crippen LogP contribution in [0.25, 0.3) is 11.4 Å². The minimum atomic E-state index is -0.0754. The highest BCUT2D eigenvalue weighted by molar-refractivity contribution is 7.99. The van der Waals surface area contributed by atoms with E-state index in [9.17, 15) is 4.79 Å². The molecule has 1 N–H and O–H groups in total. The third-order valence-electron chi connectivity index (χ3n) is 4.40. The lowest BCUT2D eigenvalue weighted by Gasteiger charge is -2.14. The predicted molar refractivity (Wildman–Crippen MR) is 121 cm³/mol. The number of carbonyl (C=O) groups excluding carboxylic acids is 1. The Bertz CT molecular complexity index is 1010. The fourth-order valence-corrected chi connectivity index (χ4v) is 3.60. The van der Waals surface area contributed by atoms with E-state index in [0.717, 1.165) is 28.3 Å². The number of hydrogen-bond donors (Lipinski definition) is 1. The second kappa shape index (κ2) is 9.43. The minimum Gasteiger partial charge on any atom is -0.378 e. The number of nitrogens with zero attached hydrogens (tertiary/aromatic N) is 4. The number of benzene rings is 2. The second-order valence-corrected chi connectivity index (χ2v) is 7.74. The summed E-state index contributed by atoms with van der Waals surface area (Å²) in [5.74, 6) is 0.936. The van der Waals surface area contributed by atoms with Crippen LogP contribution >= 0.6 is 11.8 Å². The van der Waals surface area contributed by atoms with E-state index in [4.69, 9.17) is 0 Å². The molecule has 0 saturated carbocycles. The molecule has 7 heteroatoms. The molecule has 0 spiro atoms. The van der Waals surface area contributed by atoms with E-state index in [1.54, 1.807) is 6.08 Å². The minimum absolute atomic E-state index is 0.0754. The molecule has 0 atom stereocenters. The standard InChI is InChI=1S/C22H25N5OS/c1-5-13-27-21(17-10-8-11-18(14-17)26(3)4)24-25-22(27)29-15-20(28)23-19-12-7-6-9-16(19)2/h5-12,14H,1,13,15H2,2-4H3,(H,23,28). The normalized spacial score (nSPS) is 10.6. The molecule has 29 heavy (non-hydrogen) atoms. The maximum Gasteiger partial charge on any atom is 0.234 e. The van der Waals surface area contributed by atoms with Crippen molar-refractivity contribution >= 4 is 29.0 Å². The van der Waals surface area contributed by atoms with Crippen molar-refractivity contribution in [3.05, 3.63) is 66.7 Å². The van der Waals surface area contributed by atoms with Crippen molar-refractivity contribution in [1.82, 2.24) is 14.8 Å². The number of thioether (sulfide) groups is 1. The summed E-state index contributed by atoms with van der Waals surface area (Å²) >= 11 is 1.37. The Morgan fingerprint density at radius 1 is 1.21 bits per heavy atom. The van der Waals surface area contributed by atoms with E-state index in [2.05, 4.69) is 28.2 Å². The van der Waals surface area contributed by atoms with Gasteiger partial charge in [0.25, 0.3) is 0 Å². The zero-order chi connectivity index (χ0) is 20.8. The molecule has 3 rings (SSSR count). The second-order valence-electron chi connectivity index (χ2n) is 6.80. The molecule has 0 aliphatic carbocycles. The first-order valence-corrected chi connectivity index (χ1v) is 10.3. The molecule has 6 nitrogen and oxygen atoms in total. The summed E-state index contributed by atoms with van der Waals surface area (Å²) in [5.41, 5.74) is 3.92. The number of anilines is 2. The van der Waals surface area contributed by atoms with Gasteiger partial charge in [-0.05, 0) is 30.7 Å². The molecule has 0 saturated heterocycles. The number of nitrogens with one attached hydrogen (secondary N) is 1. The Hall–Kier alpha value is -3.06. The van der Waals surface area contributed by atoms with Gasteiger partial charge in [0.15, 0.2) is 11.0 Å². The number of rotatable bonds is 8. The van der Waals surface area contributed by atoms with Gasteiger partial charge < -0.3 is 10.2 Å². The molecule has 150 valence electrons. The van der Waals surface area contributed by atoms with Crippen molar-refractivity contribution in [2.75, 3.05) is 30.1 Å². The first kappa shape index (κ1) is 20.7. The van der Waals surface area contributed by atoms with E-state index in [1.807, 2.05) is 73.0 Å². The summed E-state index contributed by atoms with van der Waals surface area (Å²) < 4.78 is 1.98. The van der Waals surface area contributed by atoms with Gasteiger partial charge in [0.05, 0.1) is 5.75 Å². The van der Waals surface area contributed by atoms with E-state index in [-0.39, 0.29) is 11.7 Å². The molecule has 0 aliphatic rings. The number of aryl methyl sites for hydroxylation is 1. The number of para-hydroxylation sites is 1. The average molecular weight is 408 g/mol. The van der Waals surface area contributed by atoms with Gasteiger partial charge in [0, 0.05) is 37.6 Å². The fraction of sp³-hybridized carbons (Fsp3) is 0.227. The highest BCUT2D eigenvalue weighted by atomic mass is 32.2. The van der Waals surface area contributed by atoms with Gasteiger partial charge in [-0.1, -0.05) is 48.2 Å². The van der Waals surface area contributed by atoms with Gasteiger partial charge in [0.2, 0.25) is 5.91 Å². The molecule has 0 radical (unpaired) electrons. The zero-order valence-corrected chi connectivity index (χ0v) is 17.7.